The lowest BCUT2D eigenvalue weighted by molar-refractivity contribution is -0.127. The molecule has 2 aliphatic rings. The van der Waals surface area contributed by atoms with Gasteiger partial charge in [-0.15, -0.1) is 0 Å². The van der Waals surface area contributed by atoms with Gasteiger partial charge in [0.25, 0.3) is 0 Å². The highest BCUT2D eigenvalue weighted by atomic mass is 16.5. The number of nitrogens with zero attached hydrogens (tertiary/aromatic N) is 1. The number of aryl methyl sites for hydroxylation is 1. The number of aromatic nitrogens is 1. The van der Waals surface area contributed by atoms with E-state index in [-0.39, 0.29) is 24.0 Å². The molecule has 1 amide bonds. The lowest BCUT2D eigenvalue weighted by Crippen LogP contribution is -2.52. The molecule has 2 heterocycles. The van der Waals surface area contributed by atoms with E-state index >= 15 is 0 Å². The molecule has 3 N–H and O–H groups in total. The van der Waals surface area contributed by atoms with Crippen molar-refractivity contribution in [3.63, 3.8) is 0 Å². The van der Waals surface area contributed by atoms with E-state index in [2.05, 4.69) is 15.6 Å². The topological polar surface area (TPSA) is 83.5 Å². The Morgan fingerprint density at radius 3 is 2.85 bits per heavy atom. The minimum Gasteiger partial charge on any atom is -0.392 e. The molecule has 6 heteroatoms. The summed E-state index contributed by atoms with van der Waals surface area (Å²) in [5.74, 6) is 0.113. The van der Waals surface area contributed by atoms with Crippen LogP contribution in [-0.4, -0.2) is 53.9 Å². The van der Waals surface area contributed by atoms with Crippen molar-refractivity contribution in [2.75, 3.05) is 19.8 Å². The predicted molar refractivity (Wildman–Crippen MR) is 99.7 cm³/mol. The summed E-state index contributed by atoms with van der Waals surface area (Å²) in [5.41, 5.74) is 1.06. The second-order valence-corrected chi connectivity index (χ2v) is 7.45. The minimum absolute atomic E-state index is 0.00871. The minimum atomic E-state index is -0.356. The van der Waals surface area contributed by atoms with E-state index in [1.807, 2.05) is 18.2 Å². The van der Waals surface area contributed by atoms with Gasteiger partial charge in [-0.25, -0.2) is 0 Å². The number of aliphatic hydroxyl groups is 1. The van der Waals surface area contributed by atoms with Crippen molar-refractivity contribution in [3.8, 4) is 0 Å². The summed E-state index contributed by atoms with van der Waals surface area (Å²) >= 11 is 0. The van der Waals surface area contributed by atoms with Crippen molar-refractivity contribution >= 4 is 5.91 Å². The normalized spacial score (nSPS) is 27.2. The molecule has 6 nitrogen and oxygen atoms in total. The predicted octanol–water partition coefficient (Wildman–Crippen LogP) is 1.43. The smallest absolute Gasteiger partial charge is 0.223 e. The number of rotatable bonds is 7. The van der Waals surface area contributed by atoms with Gasteiger partial charge in [-0.3, -0.25) is 9.78 Å². The Morgan fingerprint density at radius 1 is 1.23 bits per heavy atom. The van der Waals surface area contributed by atoms with Gasteiger partial charge in [0, 0.05) is 49.7 Å². The third kappa shape index (κ3) is 5.76. The molecule has 3 atom stereocenters. The van der Waals surface area contributed by atoms with Gasteiger partial charge in [0.15, 0.2) is 0 Å². The van der Waals surface area contributed by atoms with Crippen molar-refractivity contribution in [2.24, 2.45) is 5.92 Å². The summed E-state index contributed by atoms with van der Waals surface area (Å²) in [7, 11) is 0. The number of aliphatic hydroxyl groups excluding tert-OH is 1. The molecular weight excluding hydrogens is 330 g/mol. The molecule has 3 rings (SSSR count). The van der Waals surface area contributed by atoms with Crippen LogP contribution in [0.1, 0.15) is 44.2 Å². The van der Waals surface area contributed by atoms with E-state index in [0.29, 0.717) is 25.4 Å². The number of pyridine rings is 1. The highest BCUT2D eigenvalue weighted by Gasteiger charge is 2.34. The number of nitrogens with one attached hydrogen (secondary N) is 2. The van der Waals surface area contributed by atoms with Gasteiger partial charge in [0.1, 0.15) is 0 Å². The van der Waals surface area contributed by atoms with Gasteiger partial charge >= 0.3 is 0 Å². The van der Waals surface area contributed by atoms with Crippen LogP contribution in [0.2, 0.25) is 0 Å². The molecule has 0 spiro atoms. The molecule has 26 heavy (non-hydrogen) atoms. The van der Waals surface area contributed by atoms with E-state index in [4.69, 9.17) is 4.74 Å². The molecule has 1 aromatic heterocycles. The van der Waals surface area contributed by atoms with E-state index in [1.165, 1.54) is 0 Å². The zero-order chi connectivity index (χ0) is 18.2. The van der Waals surface area contributed by atoms with Gasteiger partial charge in [0.05, 0.1) is 6.10 Å². The Morgan fingerprint density at radius 2 is 2.08 bits per heavy atom. The SMILES string of the molecule is O=C(NCCCc1ccccn1)[C@H]1CC[C@@H](O)[C@H](NC2CCOCC2)C1. The Labute approximate surface area is 155 Å². The van der Waals surface area contributed by atoms with Crippen LogP contribution in [0, 0.1) is 5.92 Å². The van der Waals surface area contributed by atoms with Crippen molar-refractivity contribution in [2.45, 2.75) is 63.1 Å². The van der Waals surface area contributed by atoms with Gasteiger partial charge in [-0.2, -0.15) is 0 Å². The zero-order valence-electron chi connectivity index (χ0n) is 15.4. The third-order valence-corrected chi connectivity index (χ3v) is 5.49. The fraction of sp³-hybridized carbons (Fsp3) is 0.700. The molecule has 1 saturated carbocycles. The monoisotopic (exact) mass is 361 g/mol. The number of hydrogen-bond acceptors (Lipinski definition) is 5. The second kappa shape index (κ2) is 10.00. The van der Waals surface area contributed by atoms with Crippen molar-refractivity contribution in [1.82, 2.24) is 15.6 Å². The first-order valence-electron chi connectivity index (χ1n) is 9.92. The van der Waals surface area contributed by atoms with E-state index < -0.39 is 0 Å². The zero-order valence-corrected chi connectivity index (χ0v) is 15.4. The van der Waals surface area contributed by atoms with Gasteiger partial charge in [-0.1, -0.05) is 6.07 Å². The molecule has 0 aromatic carbocycles. The van der Waals surface area contributed by atoms with Gasteiger partial charge in [-0.05, 0) is 57.1 Å². The van der Waals surface area contributed by atoms with Gasteiger partial charge < -0.3 is 20.5 Å². The van der Waals surface area contributed by atoms with Crippen LogP contribution in [-0.2, 0) is 16.0 Å². The average molecular weight is 361 g/mol. The summed E-state index contributed by atoms with van der Waals surface area (Å²) in [6.45, 7) is 2.23. The number of amides is 1. The Balaban J connectivity index is 1.39. The first-order valence-corrected chi connectivity index (χ1v) is 9.92. The van der Waals surface area contributed by atoms with Crippen LogP contribution < -0.4 is 10.6 Å². The number of ether oxygens (including phenoxy) is 1. The van der Waals surface area contributed by atoms with Crippen LogP contribution in [0.25, 0.3) is 0 Å². The van der Waals surface area contributed by atoms with E-state index in [1.54, 1.807) is 6.20 Å². The summed E-state index contributed by atoms with van der Waals surface area (Å²) < 4.78 is 5.39. The first kappa shape index (κ1) is 19.3. The summed E-state index contributed by atoms with van der Waals surface area (Å²) in [4.78, 5) is 16.8. The molecule has 0 radical (unpaired) electrons. The summed E-state index contributed by atoms with van der Waals surface area (Å²) in [6, 6.07) is 6.31. The molecule has 144 valence electrons. The van der Waals surface area contributed by atoms with Crippen molar-refractivity contribution < 1.29 is 14.6 Å². The van der Waals surface area contributed by atoms with E-state index in [9.17, 15) is 9.90 Å². The van der Waals surface area contributed by atoms with Crippen molar-refractivity contribution in [1.29, 1.82) is 0 Å². The number of hydrogen-bond donors (Lipinski definition) is 3. The van der Waals surface area contributed by atoms with Crippen LogP contribution in [0.15, 0.2) is 24.4 Å². The molecule has 0 bridgehead atoms. The quantitative estimate of drug-likeness (QED) is 0.640. The molecule has 2 fully saturated rings. The third-order valence-electron chi connectivity index (χ3n) is 5.49. The Bertz CT molecular complexity index is 548. The Kier molecular flexibility index (Phi) is 7.41. The molecule has 1 aliphatic carbocycles. The maximum absolute atomic E-state index is 12.5. The fourth-order valence-electron chi connectivity index (χ4n) is 3.91. The highest BCUT2D eigenvalue weighted by Crippen LogP contribution is 2.26. The van der Waals surface area contributed by atoms with Crippen LogP contribution in [0.3, 0.4) is 0 Å². The standard InChI is InChI=1S/C20H31N3O3/c24-19-7-6-15(14-18(19)23-17-8-12-26-13-9-17)20(25)22-11-3-5-16-4-1-2-10-21-16/h1-2,4,10,15,17-19,23-24H,3,5-9,11-14H2,(H,22,25)/t15-,18+,19+/m0/s1. The lowest BCUT2D eigenvalue weighted by Gasteiger charge is -2.36. The second-order valence-electron chi connectivity index (χ2n) is 7.45. The average Bonchev–Trinajstić information content (AvgIpc) is 2.68. The van der Waals surface area contributed by atoms with E-state index in [0.717, 1.165) is 51.0 Å². The lowest BCUT2D eigenvalue weighted by atomic mass is 9.82. The molecule has 1 aliphatic heterocycles. The molecule has 1 aromatic rings. The summed E-state index contributed by atoms with van der Waals surface area (Å²) in [5, 5.41) is 16.9. The Hall–Kier alpha value is -1.50. The molecule has 1 saturated heterocycles. The van der Waals surface area contributed by atoms with Crippen molar-refractivity contribution in [3.05, 3.63) is 30.1 Å². The maximum Gasteiger partial charge on any atom is 0.223 e. The first-order chi connectivity index (χ1) is 12.7. The summed E-state index contributed by atoms with van der Waals surface area (Å²) in [6.07, 6.45) is 7.33. The number of carbonyl (C=O) groups excluding carboxylic acids is 1. The largest absolute Gasteiger partial charge is 0.392 e. The van der Waals surface area contributed by atoms with Crippen LogP contribution in [0.5, 0.6) is 0 Å². The molecule has 0 unspecified atom stereocenters. The number of carbonyl (C=O) groups is 1. The molecular formula is C20H31N3O3. The highest BCUT2D eigenvalue weighted by molar-refractivity contribution is 5.78. The van der Waals surface area contributed by atoms with Crippen LogP contribution >= 0.6 is 0 Å². The maximum atomic E-state index is 12.5. The van der Waals surface area contributed by atoms with Crippen LogP contribution in [0.4, 0.5) is 0 Å². The fourth-order valence-corrected chi connectivity index (χ4v) is 3.91. The van der Waals surface area contributed by atoms with Gasteiger partial charge in [0.2, 0.25) is 5.91 Å².